The molecule has 1 aliphatic heterocycles. The highest BCUT2D eigenvalue weighted by Gasteiger charge is 2.46. The second kappa shape index (κ2) is 10.5. The molecule has 1 atom stereocenters. The number of rotatable bonds is 7. The highest BCUT2D eigenvalue weighted by Crippen LogP contribution is 2.33. The number of benzene rings is 2. The normalized spacial score (nSPS) is 20.9. The zero-order chi connectivity index (χ0) is 24.1. The monoisotopic (exact) mass is 464 g/mol. The summed E-state index contributed by atoms with van der Waals surface area (Å²) in [6.07, 6.45) is 7.90. The summed E-state index contributed by atoms with van der Waals surface area (Å²) >= 11 is 0. The Balaban J connectivity index is 1.59. The summed E-state index contributed by atoms with van der Waals surface area (Å²) in [4.78, 5) is 29.1. The molecule has 2 amide bonds. The van der Waals surface area contributed by atoms with Gasteiger partial charge < -0.3 is 19.7 Å². The number of ether oxygens (including phenoxy) is 2. The molecule has 1 heterocycles. The zero-order valence-corrected chi connectivity index (χ0v) is 20.6. The molecule has 1 saturated carbocycles. The Morgan fingerprint density at radius 3 is 2.44 bits per heavy atom. The van der Waals surface area contributed by atoms with E-state index in [1.807, 2.05) is 49.4 Å². The lowest BCUT2D eigenvalue weighted by atomic mass is 9.82. The van der Waals surface area contributed by atoms with E-state index < -0.39 is 5.54 Å². The molecule has 34 heavy (non-hydrogen) atoms. The van der Waals surface area contributed by atoms with Gasteiger partial charge in [0, 0.05) is 24.6 Å². The van der Waals surface area contributed by atoms with Gasteiger partial charge in [-0.25, -0.2) is 0 Å². The van der Waals surface area contributed by atoms with E-state index in [0.29, 0.717) is 36.4 Å². The number of amides is 2. The molecule has 2 aromatic carbocycles. The lowest BCUT2D eigenvalue weighted by Crippen LogP contribution is -2.64. The highest BCUT2D eigenvalue weighted by molar-refractivity contribution is 6.02. The molecule has 1 fully saturated rings. The summed E-state index contributed by atoms with van der Waals surface area (Å²) in [6.45, 7) is 2.36. The minimum atomic E-state index is -0.936. The van der Waals surface area contributed by atoms with Gasteiger partial charge in [0.25, 0.3) is 5.91 Å². The summed E-state index contributed by atoms with van der Waals surface area (Å²) < 4.78 is 10.8. The quantitative estimate of drug-likeness (QED) is 0.611. The third kappa shape index (κ3) is 4.91. The third-order valence-electron chi connectivity index (χ3n) is 7.37. The van der Waals surface area contributed by atoms with E-state index in [-0.39, 0.29) is 17.9 Å². The predicted molar refractivity (Wildman–Crippen MR) is 132 cm³/mol. The van der Waals surface area contributed by atoms with Crippen molar-refractivity contribution < 1.29 is 19.1 Å². The Hall–Kier alpha value is -3.02. The molecule has 6 heteroatoms. The van der Waals surface area contributed by atoms with Crippen LogP contribution in [0.3, 0.4) is 0 Å². The molecule has 0 saturated heterocycles. The molecule has 0 aromatic heterocycles. The molecule has 0 bridgehead atoms. The lowest BCUT2D eigenvalue weighted by Gasteiger charge is -2.44. The first-order valence-electron chi connectivity index (χ1n) is 12.4. The van der Waals surface area contributed by atoms with Gasteiger partial charge in [0.15, 0.2) is 11.5 Å². The lowest BCUT2D eigenvalue weighted by molar-refractivity contribution is -0.132. The van der Waals surface area contributed by atoms with Crippen LogP contribution < -0.4 is 14.8 Å². The Morgan fingerprint density at radius 2 is 1.74 bits per heavy atom. The van der Waals surface area contributed by atoms with Crippen LogP contribution in [-0.2, 0) is 17.6 Å². The summed E-state index contributed by atoms with van der Waals surface area (Å²) in [5.41, 5.74) is 1.72. The summed E-state index contributed by atoms with van der Waals surface area (Å²) in [7, 11) is 3.22. The molecule has 2 aliphatic rings. The second-order valence-electron chi connectivity index (χ2n) is 9.67. The van der Waals surface area contributed by atoms with Gasteiger partial charge in [0.2, 0.25) is 5.91 Å². The van der Waals surface area contributed by atoms with Crippen molar-refractivity contribution in [2.75, 3.05) is 20.8 Å². The number of hydrogen-bond acceptors (Lipinski definition) is 4. The van der Waals surface area contributed by atoms with Crippen LogP contribution in [0, 0.1) is 0 Å². The van der Waals surface area contributed by atoms with Crippen molar-refractivity contribution in [2.24, 2.45) is 0 Å². The minimum Gasteiger partial charge on any atom is -0.493 e. The molecule has 0 spiro atoms. The van der Waals surface area contributed by atoms with Crippen LogP contribution in [0.2, 0.25) is 0 Å². The number of fused-ring (bicyclic) bond motifs is 1. The van der Waals surface area contributed by atoms with E-state index in [4.69, 9.17) is 9.47 Å². The van der Waals surface area contributed by atoms with Crippen LogP contribution in [-0.4, -0.2) is 49.1 Å². The molecule has 1 aliphatic carbocycles. The van der Waals surface area contributed by atoms with Gasteiger partial charge in [-0.3, -0.25) is 9.59 Å². The van der Waals surface area contributed by atoms with E-state index in [1.54, 1.807) is 19.1 Å². The third-order valence-corrected chi connectivity index (χ3v) is 7.37. The molecule has 0 radical (unpaired) electrons. The van der Waals surface area contributed by atoms with Crippen molar-refractivity contribution in [1.82, 2.24) is 10.2 Å². The molecular weight excluding hydrogens is 428 g/mol. The van der Waals surface area contributed by atoms with Gasteiger partial charge in [-0.15, -0.1) is 0 Å². The largest absolute Gasteiger partial charge is 0.493 e. The number of nitrogens with one attached hydrogen (secondary N) is 1. The Kier molecular flexibility index (Phi) is 7.44. The highest BCUT2D eigenvalue weighted by atomic mass is 16.5. The van der Waals surface area contributed by atoms with Crippen LogP contribution in [0.5, 0.6) is 11.5 Å². The van der Waals surface area contributed by atoms with Gasteiger partial charge in [0.1, 0.15) is 5.54 Å². The van der Waals surface area contributed by atoms with E-state index in [0.717, 1.165) is 36.8 Å². The number of carbonyl (C=O) groups excluding carboxylic acids is 2. The van der Waals surface area contributed by atoms with E-state index in [1.165, 1.54) is 12.8 Å². The molecule has 182 valence electrons. The van der Waals surface area contributed by atoms with E-state index in [9.17, 15) is 9.59 Å². The van der Waals surface area contributed by atoms with Crippen LogP contribution in [0.25, 0.3) is 0 Å². The standard InChI is InChI=1S/C28H36N2O4/c1-28(27(32)29-22-11-6-4-5-7-12-22)19-21-10-8-9-13-23(21)26(31)30(28)17-16-20-14-15-24(33-2)25(18-20)34-3/h8-10,13-15,18,22H,4-7,11-12,16-17,19H2,1-3H3,(H,29,32)/t28-/m1/s1. The SMILES string of the molecule is COc1ccc(CCN2C(=O)c3ccccc3C[C@]2(C)C(=O)NC2CCCCCC2)cc1OC. The maximum atomic E-state index is 13.7. The van der Waals surface area contributed by atoms with Crippen LogP contribution in [0.4, 0.5) is 0 Å². The Labute approximate surface area is 202 Å². The average Bonchev–Trinajstić information content (AvgIpc) is 3.12. The van der Waals surface area contributed by atoms with E-state index in [2.05, 4.69) is 5.32 Å². The molecule has 6 nitrogen and oxygen atoms in total. The van der Waals surface area contributed by atoms with Gasteiger partial charge in [-0.05, 0) is 55.5 Å². The fourth-order valence-electron chi connectivity index (χ4n) is 5.31. The molecule has 0 unspecified atom stereocenters. The molecule has 1 N–H and O–H groups in total. The van der Waals surface area contributed by atoms with Gasteiger partial charge in [0.05, 0.1) is 14.2 Å². The fraction of sp³-hybridized carbons (Fsp3) is 0.500. The summed E-state index contributed by atoms with van der Waals surface area (Å²) in [6, 6.07) is 13.6. The van der Waals surface area contributed by atoms with Gasteiger partial charge >= 0.3 is 0 Å². The van der Waals surface area contributed by atoms with Gasteiger partial charge in [-0.1, -0.05) is 49.9 Å². The Bertz CT molecular complexity index is 1030. The van der Waals surface area contributed by atoms with Gasteiger partial charge in [-0.2, -0.15) is 0 Å². The minimum absolute atomic E-state index is 0.0467. The first-order valence-corrected chi connectivity index (χ1v) is 12.4. The van der Waals surface area contributed by atoms with Crippen LogP contribution >= 0.6 is 0 Å². The molecule has 2 aromatic rings. The van der Waals surface area contributed by atoms with Crippen molar-refractivity contribution in [2.45, 2.75) is 69.9 Å². The first-order chi connectivity index (χ1) is 16.5. The molecule has 4 rings (SSSR count). The number of nitrogens with zero attached hydrogens (tertiary/aromatic N) is 1. The predicted octanol–water partition coefficient (Wildman–Crippen LogP) is 4.54. The zero-order valence-electron chi connectivity index (χ0n) is 20.6. The average molecular weight is 465 g/mol. The maximum absolute atomic E-state index is 13.7. The number of hydrogen-bond donors (Lipinski definition) is 1. The number of carbonyl (C=O) groups is 2. The first kappa shape index (κ1) is 24.1. The topological polar surface area (TPSA) is 67.9 Å². The van der Waals surface area contributed by atoms with Crippen LogP contribution in [0.15, 0.2) is 42.5 Å². The smallest absolute Gasteiger partial charge is 0.255 e. The maximum Gasteiger partial charge on any atom is 0.255 e. The van der Waals surface area contributed by atoms with E-state index >= 15 is 0 Å². The van der Waals surface area contributed by atoms with Crippen molar-refractivity contribution in [3.63, 3.8) is 0 Å². The van der Waals surface area contributed by atoms with Crippen molar-refractivity contribution in [3.05, 3.63) is 59.2 Å². The van der Waals surface area contributed by atoms with Crippen molar-refractivity contribution >= 4 is 11.8 Å². The van der Waals surface area contributed by atoms with Crippen molar-refractivity contribution in [3.8, 4) is 11.5 Å². The fourth-order valence-corrected chi connectivity index (χ4v) is 5.31. The Morgan fingerprint density at radius 1 is 1.03 bits per heavy atom. The van der Waals surface area contributed by atoms with Crippen LogP contribution in [0.1, 0.15) is 66.9 Å². The molecular formula is C28H36N2O4. The van der Waals surface area contributed by atoms with Crippen molar-refractivity contribution in [1.29, 1.82) is 0 Å². The number of methoxy groups -OCH3 is 2. The summed E-state index contributed by atoms with van der Waals surface area (Å²) in [5, 5.41) is 3.31. The second-order valence-corrected chi connectivity index (χ2v) is 9.67. The summed E-state index contributed by atoms with van der Waals surface area (Å²) in [5.74, 6) is 1.20.